The van der Waals surface area contributed by atoms with Crippen LogP contribution >= 0.6 is 11.8 Å². The summed E-state index contributed by atoms with van der Waals surface area (Å²) in [6.45, 7) is 0.831. The molecule has 0 radical (unpaired) electrons. The van der Waals surface area contributed by atoms with Crippen LogP contribution < -0.4 is 4.74 Å². The maximum absolute atomic E-state index is 12.8. The van der Waals surface area contributed by atoms with Gasteiger partial charge in [-0.2, -0.15) is 0 Å². The molecule has 5 heteroatoms. The van der Waals surface area contributed by atoms with E-state index >= 15 is 0 Å². The number of thioether (sulfide) groups is 1. The molecule has 1 fully saturated rings. The van der Waals surface area contributed by atoms with Crippen LogP contribution in [0.15, 0.2) is 53.7 Å². The summed E-state index contributed by atoms with van der Waals surface area (Å²) in [5.41, 5.74) is 1.16. The number of aromatic nitrogens is 1. The molecule has 0 saturated carbocycles. The quantitative estimate of drug-likeness (QED) is 0.772. The molecule has 0 N–H and O–H groups in total. The maximum Gasteiger partial charge on any atom is 0.233 e. The highest BCUT2D eigenvalue weighted by Gasteiger charge is 2.28. The van der Waals surface area contributed by atoms with Gasteiger partial charge in [0.05, 0.1) is 18.9 Å². The van der Waals surface area contributed by atoms with E-state index in [1.807, 2.05) is 35.2 Å². The first-order chi connectivity index (χ1) is 11.8. The van der Waals surface area contributed by atoms with Gasteiger partial charge in [-0.1, -0.05) is 12.1 Å². The Hall–Kier alpha value is -2.01. The summed E-state index contributed by atoms with van der Waals surface area (Å²) < 4.78 is 5.33. The molecule has 3 rings (SSSR count). The number of hydrogen-bond acceptors (Lipinski definition) is 4. The Morgan fingerprint density at radius 2 is 2.12 bits per heavy atom. The topological polar surface area (TPSA) is 42.4 Å². The van der Waals surface area contributed by atoms with Gasteiger partial charge in [-0.15, -0.1) is 11.8 Å². The summed E-state index contributed by atoms with van der Waals surface area (Å²) in [5.74, 6) is 1.51. The highest BCUT2D eigenvalue weighted by molar-refractivity contribution is 8.00. The van der Waals surface area contributed by atoms with Crippen LogP contribution in [-0.2, 0) is 4.79 Å². The number of amides is 1. The van der Waals surface area contributed by atoms with Gasteiger partial charge in [-0.3, -0.25) is 9.78 Å². The van der Waals surface area contributed by atoms with Crippen LogP contribution in [-0.4, -0.2) is 35.2 Å². The molecule has 0 bridgehead atoms. The number of ether oxygens (including phenoxy) is 1. The van der Waals surface area contributed by atoms with Gasteiger partial charge in [-0.05, 0) is 49.1 Å². The smallest absolute Gasteiger partial charge is 0.233 e. The van der Waals surface area contributed by atoms with Crippen molar-refractivity contribution >= 4 is 17.7 Å². The summed E-state index contributed by atoms with van der Waals surface area (Å²) in [7, 11) is 1.67. The van der Waals surface area contributed by atoms with E-state index in [1.165, 1.54) is 0 Å². The van der Waals surface area contributed by atoms with Crippen molar-refractivity contribution in [2.24, 2.45) is 0 Å². The lowest BCUT2D eigenvalue weighted by molar-refractivity contribution is -0.132. The van der Waals surface area contributed by atoms with E-state index in [-0.39, 0.29) is 11.9 Å². The van der Waals surface area contributed by atoms with Crippen molar-refractivity contribution in [1.82, 2.24) is 9.88 Å². The number of likely N-dealkylation sites (tertiary alicyclic amines) is 1. The van der Waals surface area contributed by atoms with Crippen molar-refractivity contribution in [3.63, 3.8) is 0 Å². The second-order valence-electron chi connectivity index (χ2n) is 5.85. The molecule has 1 aliphatic rings. The van der Waals surface area contributed by atoms with Gasteiger partial charge in [0.1, 0.15) is 5.75 Å². The average molecular weight is 342 g/mol. The molecule has 1 aromatic carbocycles. The fourth-order valence-corrected chi connectivity index (χ4v) is 3.86. The number of benzene rings is 1. The maximum atomic E-state index is 12.8. The lowest BCUT2D eigenvalue weighted by Crippen LogP contribution is -2.39. The summed E-state index contributed by atoms with van der Waals surface area (Å²) in [6, 6.07) is 12.1. The number of rotatable bonds is 5. The monoisotopic (exact) mass is 342 g/mol. The zero-order chi connectivity index (χ0) is 16.8. The van der Waals surface area contributed by atoms with E-state index in [0.29, 0.717) is 5.75 Å². The van der Waals surface area contributed by atoms with Gasteiger partial charge in [-0.25, -0.2) is 0 Å². The van der Waals surface area contributed by atoms with Crippen LogP contribution in [0.1, 0.15) is 30.9 Å². The zero-order valence-electron chi connectivity index (χ0n) is 13.9. The summed E-state index contributed by atoms with van der Waals surface area (Å²) in [5, 5.41) is 0. The highest BCUT2D eigenvalue weighted by atomic mass is 32.2. The third-order valence-corrected chi connectivity index (χ3v) is 5.31. The Labute approximate surface area is 147 Å². The molecule has 0 unspecified atom stereocenters. The minimum absolute atomic E-state index is 0.152. The molecule has 24 heavy (non-hydrogen) atoms. The van der Waals surface area contributed by atoms with Crippen molar-refractivity contribution in [3.8, 4) is 5.75 Å². The summed E-state index contributed by atoms with van der Waals surface area (Å²) in [6.07, 6.45) is 6.76. The second-order valence-corrected chi connectivity index (χ2v) is 6.90. The molecule has 2 aromatic rings. The first kappa shape index (κ1) is 16.8. The van der Waals surface area contributed by atoms with Crippen LogP contribution in [0, 0.1) is 0 Å². The van der Waals surface area contributed by atoms with E-state index in [0.717, 1.165) is 42.0 Å². The number of carbonyl (C=O) groups excluding carboxylic acids is 1. The molecule has 0 aliphatic carbocycles. The van der Waals surface area contributed by atoms with Crippen LogP contribution in [0.4, 0.5) is 0 Å². The largest absolute Gasteiger partial charge is 0.497 e. The standard InChI is InChI=1S/C19H22N2O2S/c1-23-16-6-4-5-15(13-16)18-7-2-3-12-21(18)19(22)14-24-17-8-10-20-11-9-17/h4-6,8-11,13,18H,2-3,7,12,14H2,1H3/t18-/m1/s1. The van der Waals surface area contributed by atoms with Gasteiger partial charge >= 0.3 is 0 Å². The zero-order valence-corrected chi connectivity index (χ0v) is 14.7. The molecular formula is C19H22N2O2S. The van der Waals surface area contributed by atoms with Crippen molar-refractivity contribution in [2.45, 2.75) is 30.2 Å². The van der Waals surface area contributed by atoms with Gasteiger partial charge in [0.15, 0.2) is 0 Å². The first-order valence-electron chi connectivity index (χ1n) is 8.24. The highest BCUT2D eigenvalue weighted by Crippen LogP contribution is 2.33. The van der Waals surface area contributed by atoms with Crippen molar-refractivity contribution in [3.05, 3.63) is 54.4 Å². The number of pyridine rings is 1. The molecule has 126 valence electrons. The van der Waals surface area contributed by atoms with E-state index in [2.05, 4.69) is 11.1 Å². The molecule has 2 heterocycles. The average Bonchev–Trinajstić information content (AvgIpc) is 2.67. The lowest BCUT2D eigenvalue weighted by Gasteiger charge is -2.36. The molecule has 4 nitrogen and oxygen atoms in total. The van der Waals surface area contributed by atoms with Crippen LogP contribution in [0.2, 0.25) is 0 Å². The third kappa shape index (κ3) is 4.09. The first-order valence-corrected chi connectivity index (χ1v) is 9.23. The van der Waals surface area contributed by atoms with Gasteiger partial charge in [0.2, 0.25) is 5.91 Å². The summed E-state index contributed by atoms with van der Waals surface area (Å²) in [4.78, 5) is 19.9. The fraction of sp³-hybridized carbons (Fsp3) is 0.368. The Bertz CT molecular complexity index is 678. The Morgan fingerprint density at radius 1 is 1.29 bits per heavy atom. The predicted molar refractivity (Wildman–Crippen MR) is 96.3 cm³/mol. The number of methoxy groups -OCH3 is 1. The number of piperidine rings is 1. The Morgan fingerprint density at radius 3 is 2.92 bits per heavy atom. The lowest BCUT2D eigenvalue weighted by atomic mass is 9.95. The Kier molecular flexibility index (Phi) is 5.75. The minimum Gasteiger partial charge on any atom is -0.497 e. The fourth-order valence-electron chi connectivity index (χ4n) is 3.09. The van der Waals surface area contributed by atoms with Crippen molar-refractivity contribution < 1.29 is 9.53 Å². The van der Waals surface area contributed by atoms with E-state index in [4.69, 9.17) is 4.74 Å². The number of hydrogen-bond donors (Lipinski definition) is 0. The predicted octanol–water partition coefficient (Wildman–Crippen LogP) is 3.94. The Balaban J connectivity index is 1.70. The summed E-state index contributed by atoms with van der Waals surface area (Å²) >= 11 is 1.57. The third-order valence-electron chi connectivity index (χ3n) is 4.31. The molecule has 0 spiro atoms. The molecule has 1 amide bonds. The molecule has 1 atom stereocenters. The van der Waals surface area contributed by atoms with E-state index < -0.39 is 0 Å². The van der Waals surface area contributed by atoms with Gasteiger partial charge < -0.3 is 9.64 Å². The van der Waals surface area contributed by atoms with E-state index in [1.54, 1.807) is 31.3 Å². The van der Waals surface area contributed by atoms with E-state index in [9.17, 15) is 4.79 Å². The minimum atomic E-state index is 0.152. The number of carbonyl (C=O) groups is 1. The van der Waals surface area contributed by atoms with Crippen LogP contribution in [0.3, 0.4) is 0 Å². The molecule has 1 aromatic heterocycles. The van der Waals surface area contributed by atoms with Gasteiger partial charge in [0, 0.05) is 23.8 Å². The SMILES string of the molecule is COc1cccc([C@H]2CCCCN2C(=O)CSc2ccncc2)c1. The number of nitrogens with zero attached hydrogens (tertiary/aromatic N) is 2. The van der Waals surface area contributed by atoms with Crippen LogP contribution in [0.25, 0.3) is 0 Å². The van der Waals surface area contributed by atoms with Crippen molar-refractivity contribution in [1.29, 1.82) is 0 Å². The normalized spacial score (nSPS) is 17.5. The van der Waals surface area contributed by atoms with Gasteiger partial charge in [0.25, 0.3) is 0 Å². The molecule has 1 aliphatic heterocycles. The van der Waals surface area contributed by atoms with Crippen LogP contribution in [0.5, 0.6) is 5.75 Å². The molecular weight excluding hydrogens is 320 g/mol. The molecule has 1 saturated heterocycles. The second kappa shape index (κ2) is 8.20. The van der Waals surface area contributed by atoms with Crippen molar-refractivity contribution in [2.75, 3.05) is 19.4 Å².